The lowest BCUT2D eigenvalue weighted by Gasteiger charge is -2.07. The third-order valence-corrected chi connectivity index (χ3v) is 5.56. The van der Waals surface area contributed by atoms with Crippen LogP contribution in [0.2, 0.25) is 0 Å². The number of nitrogens with zero attached hydrogens (tertiary/aromatic N) is 5. The van der Waals surface area contributed by atoms with E-state index in [1.165, 1.54) is 16.2 Å². The Hall–Kier alpha value is -2.72. The molecule has 2 aromatic carbocycles. The van der Waals surface area contributed by atoms with Gasteiger partial charge in [-0.15, -0.1) is 10.2 Å². The first-order valence-electron chi connectivity index (χ1n) is 8.66. The number of carbonyl (C=O) groups excluding carboxylic acids is 1. The summed E-state index contributed by atoms with van der Waals surface area (Å²) in [5.41, 5.74) is 1.70. The van der Waals surface area contributed by atoms with Gasteiger partial charge in [-0.3, -0.25) is 9.59 Å². The van der Waals surface area contributed by atoms with Crippen LogP contribution >= 0.6 is 27.5 Å². The number of aromatic nitrogens is 5. The van der Waals surface area contributed by atoms with Gasteiger partial charge in [0, 0.05) is 17.6 Å². The summed E-state index contributed by atoms with van der Waals surface area (Å²) in [5, 5.41) is 15.5. The second-order valence-electron chi connectivity index (χ2n) is 6.17. The van der Waals surface area contributed by atoms with E-state index in [4.69, 9.17) is 0 Å². The minimum atomic E-state index is -0.161. The molecule has 142 valence electrons. The second-order valence-corrected chi connectivity index (χ2v) is 7.84. The maximum absolute atomic E-state index is 12.5. The molecule has 4 rings (SSSR count). The van der Waals surface area contributed by atoms with E-state index < -0.39 is 0 Å². The fraction of sp³-hybridized carbons (Fsp3) is 0.222. The van der Waals surface area contributed by atoms with Gasteiger partial charge in [0.15, 0.2) is 0 Å². The van der Waals surface area contributed by atoms with Crippen LogP contribution in [-0.2, 0) is 6.54 Å². The molecule has 0 unspecified atom stereocenters. The fourth-order valence-electron chi connectivity index (χ4n) is 2.86. The first-order chi connectivity index (χ1) is 13.6. The van der Waals surface area contributed by atoms with Gasteiger partial charge in [0.2, 0.25) is 0 Å². The van der Waals surface area contributed by atoms with Gasteiger partial charge in [0.05, 0.1) is 15.6 Å². The molecule has 0 atom stereocenters. The molecule has 0 aliphatic heterocycles. The summed E-state index contributed by atoms with van der Waals surface area (Å²) in [4.78, 5) is 24.8. The van der Waals surface area contributed by atoms with Crippen LogP contribution in [0.15, 0.2) is 45.7 Å². The highest BCUT2D eigenvalue weighted by Crippen LogP contribution is 2.20. The number of halogens is 1. The van der Waals surface area contributed by atoms with Gasteiger partial charge in [-0.2, -0.15) is 0 Å². The van der Waals surface area contributed by atoms with Gasteiger partial charge >= 0.3 is 0 Å². The molecule has 0 saturated heterocycles. The second kappa shape index (κ2) is 8.11. The Kier molecular flexibility index (Phi) is 5.40. The van der Waals surface area contributed by atoms with Crippen LogP contribution in [0.25, 0.3) is 21.1 Å². The zero-order valence-electron chi connectivity index (χ0n) is 14.6. The predicted octanol–water partition coefficient (Wildman–Crippen LogP) is 2.77. The Morgan fingerprint density at radius 2 is 2.04 bits per heavy atom. The van der Waals surface area contributed by atoms with Gasteiger partial charge < -0.3 is 5.32 Å². The van der Waals surface area contributed by atoms with E-state index in [1.807, 2.05) is 12.1 Å². The van der Waals surface area contributed by atoms with Gasteiger partial charge in [0.1, 0.15) is 11.0 Å². The average Bonchev–Trinajstić information content (AvgIpc) is 3.18. The van der Waals surface area contributed by atoms with Crippen LogP contribution in [-0.4, -0.2) is 37.0 Å². The third kappa shape index (κ3) is 3.78. The standard InChI is InChI=1S/C18H15BrN6O2S/c19-11-6-7-12-15(10-11)21-23-25(18(12)27)9-2-1-8-20-17(26)13-4-3-5-14-16(13)28-24-22-14/h3-7,10H,1-2,8-9H2,(H,20,26). The van der Waals surface area contributed by atoms with Crippen molar-refractivity contribution in [3.63, 3.8) is 0 Å². The number of amides is 1. The SMILES string of the molecule is O=C(NCCCCn1nnc2cc(Br)ccc2c1=O)c1cccc2nnsc12. The van der Waals surface area contributed by atoms with E-state index >= 15 is 0 Å². The molecule has 0 aliphatic carbocycles. The van der Waals surface area contributed by atoms with E-state index in [-0.39, 0.29) is 11.5 Å². The van der Waals surface area contributed by atoms with Gasteiger partial charge in [-0.1, -0.05) is 31.7 Å². The lowest BCUT2D eigenvalue weighted by atomic mass is 10.2. The first-order valence-corrected chi connectivity index (χ1v) is 10.2. The van der Waals surface area contributed by atoms with Crippen LogP contribution in [0.5, 0.6) is 0 Å². The number of aryl methyl sites for hydroxylation is 1. The van der Waals surface area contributed by atoms with Crippen molar-refractivity contribution < 1.29 is 4.79 Å². The van der Waals surface area contributed by atoms with Crippen molar-refractivity contribution in [1.29, 1.82) is 0 Å². The Labute approximate surface area is 171 Å². The molecule has 0 bridgehead atoms. The summed E-state index contributed by atoms with van der Waals surface area (Å²) >= 11 is 4.57. The quantitative estimate of drug-likeness (QED) is 0.445. The molecule has 0 aliphatic rings. The summed E-state index contributed by atoms with van der Waals surface area (Å²) < 4.78 is 6.88. The van der Waals surface area contributed by atoms with E-state index in [9.17, 15) is 9.59 Å². The number of hydrogen-bond acceptors (Lipinski definition) is 7. The number of hydrogen-bond donors (Lipinski definition) is 1. The topological polar surface area (TPSA) is 103 Å². The number of unbranched alkanes of at least 4 members (excludes halogenated alkanes) is 1. The summed E-state index contributed by atoms with van der Waals surface area (Å²) in [6, 6.07) is 10.7. The van der Waals surface area contributed by atoms with E-state index in [0.29, 0.717) is 36.0 Å². The molecule has 0 fully saturated rings. The number of nitrogens with one attached hydrogen (secondary N) is 1. The molecule has 0 spiro atoms. The van der Waals surface area contributed by atoms with E-state index in [1.54, 1.807) is 24.3 Å². The van der Waals surface area contributed by atoms with Gasteiger partial charge in [0.25, 0.3) is 11.5 Å². The molecule has 28 heavy (non-hydrogen) atoms. The normalized spacial score (nSPS) is 11.2. The van der Waals surface area contributed by atoms with E-state index in [2.05, 4.69) is 41.1 Å². The largest absolute Gasteiger partial charge is 0.352 e. The van der Waals surface area contributed by atoms with E-state index in [0.717, 1.165) is 21.1 Å². The third-order valence-electron chi connectivity index (χ3n) is 4.29. The zero-order chi connectivity index (χ0) is 19.5. The maximum atomic E-state index is 12.5. The van der Waals surface area contributed by atoms with Crippen LogP contribution in [0.3, 0.4) is 0 Å². The number of rotatable bonds is 6. The van der Waals surface area contributed by atoms with Crippen molar-refractivity contribution in [2.45, 2.75) is 19.4 Å². The van der Waals surface area contributed by atoms with Crippen molar-refractivity contribution in [2.24, 2.45) is 0 Å². The van der Waals surface area contributed by atoms with Crippen LogP contribution in [0.1, 0.15) is 23.2 Å². The van der Waals surface area contributed by atoms with Crippen molar-refractivity contribution in [1.82, 2.24) is 29.9 Å². The predicted molar refractivity (Wildman–Crippen MR) is 110 cm³/mol. The number of carbonyl (C=O) groups is 1. The Bertz CT molecular complexity index is 1220. The molecule has 2 heterocycles. The average molecular weight is 459 g/mol. The lowest BCUT2D eigenvalue weighted by molar-refractivity contribution is 0.0954. The minimum Gasteiger partial charge on any atom is -0.352 e. The number of benzene rings is 2. The van der Waals surface area contributed by atoms with Gasteiger partial charge in [-0.25, -0.2) is 4.68 Å². The minimum absolute atomic E-state index is 0.148. The smallest absolute Gasteiger partial charge is 0.277 e. The summed E-state index contributed by atoms with van der Waals surface area (Å²) in [5.74, 6) is -0.148. The summed E-state index contributed by atoms with van der Waals surface area (Å²) in [6.07, 6.45) is 1.42. The molecule has 1 amide bonds. The summed E-state index contributed by atoms with van der Waals surface area (Å²) in [6.45, 7) is 0.951. The molecule has 8 nitrogen and oxygen atoms in total. The highest BCUT2D eigenvalue weighted by molar-refractivity contribution is 9.10. The zero-order valence-corrected chi connectivity index (χ0v) is 17.0. The van der Waals surface area contributed by atoms with Crippen molar-refractivity contribution >= 4 is 54.5 Å². The fourth-order valence-corrected chi connectivity index (χ4v) is 3.88. The summed E-state index contributed by atoms with van der Waals surface area (Å²) in [7, 11) is 0. The highest BCUT2D eigenvalue weighted by atomic mass is 79.9. The highest BCUT2D eigenvalue weighted by Gasteiger charge is 2.12. The monoisotopic (exact) mass is 458 g/mol. The van der Waals surface area contributed by atoms with Crippen molar-refractivity contribution in [2.75, 3.05) is 6.54 Å². The molecule has 2 aromatic heterocycles. The Morgan fingerprint density at radius 1 is 1.14 bits per heavy atom. The van der Waals surface area contributed by atoms with Crippen molar-refractivity contribution in [3.8, 4) is 0 Å². The molecule has 1 N–H and O–H groups in total. The lowest BCUT2D eigenvalue weighted by Crippen LogP contribution is -2.26. The van der Waals surface area contributed by atoms with Gasteiger partial charge in [-0.05, 0) is 54.7 Å². The number of fused-ring (bicyclic) bond motifs is 2. The first kappa shape index (κ1) is 18.6. The van der Waals surface area contributed by atoms with Crippen LogP contribution in [0, 0.1) is 0 Å². The molecular weight excluding hydrogens is 444 g/mol. The van der Waals surface area contributed by atoms with Crippen LogP contribution in [0.4, 0.5) is 0 Å². The van der Waals surface area contributed by atoms with Crippen LogP contribution < -0.4 is 10.9 Å². The van der Waals surface area contributed by atoms with Crippen molar-refractivity contribution in [3.05, 3.63) is 56.8 Å². The molecular formula is C18H15BrN6O2S. The molecule has 0 radical (unpaired) electrons. The molecule has 10 heteroatoms. The Morgan fingerprint density at radius 3 is 2.93 bits per heavy atom. The Balaban J connectivity index is 1.33. The molecule has 4 aromatic rings. The molecule has 0 saturated carbocycles. The maximum Gasteiger partial charge on any atom is 0.277 e.